The molecule has 0 spiro atoms. The molecule has 5 heteroatoms. The van der Waals surface area contributed by atoms with E-state index >= 15 is 0 Å². The molecule has 0 radical (unpaired) electrons. The van der Waals surface area contributed by atoms with Crippen LogP contribution in [-0.2, 0) is 22.4 Å². The smallest absolute Gasteiger partial charge is 0.228 e. The summed E-state index contributed by atoms with van der Waals surface area (Å²) < 4.78 is 5.63. The van der Waals surface area contributed by atoms with Crippen LogP contribution in [0.3, 0.4) is 0 Å². The van der Waals surface area contributed by atoms with E-state index in [1.165, 1.54) is 5.56 Å². The Morgan fingerprint density at radius 3 is 2.44 bits per heavy atom. The number of fused-ring (bicyclic) bond motifs is 1. The van der Waals surface area contributed by atoms with E-state index in [-0.39, 0.29) is 17.2 Å². The maximum absolute atomic E-state index is 12.6. The number of rotatable bonds is 2. The Morgan fingerprint density at radius 1 is 1.08 bits per heavy atom. The molecule has 2 amide bonds. The van der Waals surface area contributed by atoms with Crippen LogP contribution in [-0.4, -0.2) is 54.4 Å². The van der Waals surface area contributed by atoms with Crippen LogP contribution in [0.4, 0.5) is 0 Å². The highest BCUT2D eigenvalue weighted by Crippen LogP contribution is 2.26. The lowest BCUT2D eigenvalue weighted by Crippen LogP contribution is -2.53. The molecule has 0 atom stereocenters. The van der Waals surface area contributed by atoms with Crippen LogP contribution in [0.1, 0.15) is 38.3 Å². The highest BCUT2D eigenvalue weighted by atomic mass is 16.5. The van der Waals surface area contributed by atoms with Crippen LogP contribution < -0.4 is 4.74 Å². The first-order valence-electron chi connectivity index (χ1n) is 9.16. The van der Waals surface area contributed by atoms with E-state index in [0.29, 0.717) is 32.6 Å². The Hall–Kier alpha value is -2.04. The molecule has 2 aliphatic heterocycles. The van der Waals surface area contributed by atoms with E-state index in [2.05, 4.69) is 6.07 Å². The monoisotopic (exact) mass is 344 g/mol. The Balaban J connectivity index is 1.56. The third-order valence-corrected chi connectivity index (χ3v) is 4.89. The van der Waals surface area contributed by atoms with Crippen LogP contribution >= 0.6 is 0 Å². The minimum atomic E-state index is -0.364. The van der Waals surface area contributed by atoms with Gasteiger partial charge in [0.1, 0.15) is 5.75 Å². The van der Waals surface area contributed by atoms with Crippen LogP contribution in [0.15, 0.2) is 18.2 Å². The number of ether oxygens (including phenoxy) is 1. The third-order valence-electron chi connectivity index (χ3n) is 4.89. The summed E-state index contributed by atoms with van der Waals surface area (Å²) in [6.45, 7) is 9.08. The third kappa shape index (κ3) is 4.14. The molecule has 2 aliphatic rings. The molecule has 1 aromatic carbocycles. The molecule has 1 saturated heterocycles. The second kappa shape index (κ2) is 7.06. The van der Waals surface area contributed by atoms with Crippen molar-refractivity contribution >= 4 is 11.8 Å². The van der Waals surface area contributed by atoms with E-state index in [9.17, 15) is 9.59 Å². The van der Waals surface area contributed by atoms with Crippen molar-refractivity contribution in [2.24, 2.45) is 5.41 Å². The molecule has 0 aliphatic carbocycles. The maximum Gasteiger partial charge on any atom is 0.228 e. The van der Waals surface area contributed by atoms with Gasteiger partial charge in [-0.2, -0.15) is 0 Å². The van der Waals surface area contributed by atoms with Gasteiger partial charge in [-0.05, 0) is 30.0 Å². The second-order valence-corrected chi connectivity index (χ2v) is 7.99. The van der Waals surface area contributed by atoms with Gasteiger partial charge in [0.25, 0.3) is 0 Å². The van der Waals surface area contributed by atoms with Gasteiger partial charge in [-0.3, -0.25) is 9.59 Å². The number of nitrogens with zero attached hydrogens (tertiary/aromatic N) is 2. The summed E-state index contributed by atoms with van der Waals surface area (Å²) in [7, 11) is 0. The Kier molecular flexibility index (Phi) is 5.02. The predicted molar refractivity (Wildman–Crippen MR) is 96.6 cm³/mol. The number of hydrogen-bond acceptors (Lipinski definition) is 3. The van der Waals surface area contributed by atoms with Gasteiger partial charge in [0.15, 0.2) is 0 Å². The number of hydrogen-bond donors (Lipinski definition) is 0. The van der Waals surface area contributed by atoms with Crippen LogP contribution in [0, 0.1) is 5.41 Å². The molecule has 25 heavy (non-hydrogen) atoms. The van der Waals surface area contributed by atoms with Gasteiger partial charge in [-0.1, -0.05) is 32.9 Å². The Morgan fingerprint density at radius 2 is 1.76 bits per heavy atom. The van der Waals surface area contributed by atoms with Gasteiger partial charge < -0.3 is 14.5 Å². The lowest BCUT2D eigenvalue weighted by Gasteiger charge is -2.37. The molecule has 3 rings (SSSR count). The SMILES string of the molecule is CC(C)(C)C(=O)N1CCN(C(=O)Cc2ccc3c(c2)CCCO3)CC1. The first-order chi connectivity index (χ1) is 11.8. The van der Waals surface area contributed by atoms with Crippen molar-refractivity contribution in [3.63, 3.8) is 0 Å². The first-order valence-corrected chi connectivity index (χ1v) is 9.16. The topological polar surface area (TPSA) is 49.9 Å². The van der Waals surface area contributed by atoms with Crippen LogP contribution in [0.2, 0.25) is 0 Å². The molecule has 1 fully saturated rings. The van der Waals surface area contributed by atoms with Crippen molar-refractivity contribution in [1.29, 1.82) is 0 Å². The normalized spacial score (nSPS) is 17.7. The van der Waals surface area contributed by atoms with Gasteiger partial charge >= 0.3 is 0 Å². The minimum absolute atomic E-state index is 0.138. The van der Waals surface area contributed by atoms with Crippen molar-refractivity contribution in [3.8, 4) is 5.75 Å². The zero-order valence-electron chi connectivity index (χ0n) is 15.5. The maximum atomic E-state index is 12.6. The highest BCUT2D eigenvalue weighted by Gasteiger charge is 2.30. The number of piperazine rings is 1. The summed E-state index contributed by atoms with van der Waals surface area (Å²) in [5, 5.41) is 0. The van der Waals surface area contributed by atoms with Gasteiger partial charge in [-0.25, -0.2) is 0 Å². The largest absolute Gasteiger partial charge is 0.493 e. The fraction of sp³-hybridized carbons (Fsp3) is 0.600. The molecule has 2 heterocycles. The van der Waals surface area contributed by atoms with E-state index in [1.807, 2.05) is 42.7 Å². The summed E-state index contributed by atoms with van der Waals surface area (Å²) in [6.07, 6.45) is 2.47. The first kappa shape index (κ1) is 17.8. The summed E-state index contributed by atoms with van der Waals surface area (Å²) in [5.41, 5.74) is 1.89. The van der Waals surface area contributed by atoms with E-state index in [1.54, 1.807) is 0 Å². The Labute approximate surface area is 149 Å². The molecule has 0 N–H and O–H groups in total. The van der Waals surface area contributed by atoms with Crippen molar-refractivity contribution < 1.29 is 14.3 Å². The zero-order chi connectivity index (χ0) is 18.0. The zero-order valence-corrected chi connectivity index (χ0v) is 15.5. The van der Waals surface area contributed by atoms with Gasteiger partial charge in [0, 0.05) is 31.6 Å². The van der Waals surface area contributed by atoms with E-state index in [4.69, 9.17) is 4.74 Å². The summed E-state index contributed by atoms with van der Waals surface area (Å²) in [6, 6.07) is 6.07. The van der Waals surface area contributed by atoms with Crippen LogP contribution in [0.25, 0.3) is 0 Å². The van der Waals surface area contributed by atoms with Crippen LogP contribution in [0.5, 0.6) is 5.75 Å². The highest BCUT2D eigenvalue weighted by molar-refractivity contribution is 5.82. The minimum Gasteiger partial charge on any atom is -0.493 e. The molecule has 5 nitrogen and oxygen atoms in total. The van der Waals surface area contributed by atoms with Gasteiger partial charge in [0.2, 0.25) is 11.8 Å². The summed E-state index contributed by atoms with van der Waals surface area (Å²) >= 11 is 0. The fourth-order valence-corrected chi connectivity index (χ4v) is 3.44. The van der Waals surface area contributed by atoms with Crippen molar-refractivity contribution in [2.75, 3.05) is 32.8 Å². The lowest BCUT2D eigenvalue weighted by molar-refractivity contribution is -0.144. The van der Waals surface area contributed by atoms with Gasteiger partial charge in [-0.15, -0.1) is 0 Å². The molecule has 136 valence electrons. The predicted octanol–water partition coefficient (Wildman–Crippen LogP) is 2.27. The number of carbonyl (C=O) groups is 2. The number of aryl methyl sites for hydroxylation is 1. The van der Waals surface area contributed by atoms with E-state index in [0.717, 1.165) is 30.8 Å². The molecule has 0 aromatic heterocycles. The van der Waals surface area contributed by atoms with Crippen molar-refractivity contribution in [1.82, 2.24) is 9.80 Å². The summed E-state index contributed by atoms with van der Waals surface area (Å²) in [4.78, 5) is 28.7. The quantitative estimate of drug-likeness (QED) is 0.827. The van der Waals surface area contributed by atoms with Gasteiger partial charge in [0.05, 0.1) is 13.0 Å². The molecule has 1 aromatic rings. The average Bonchev–Trinajstić information content (AvgIpc) is 2.60. The second-order valence-electron chi connectivity index (χ2n) is 7.99. The number of amides is 2. The van der Waals surface area contributed by atoms with Crippen molar-refractivity contribution in [3.05, 3.63) is 29.3 Å². The molecule has 0 unspecified atom stereocenters. The standard InChI is InChI=1S/C20H28N2O3/c1-20(2,3)19(24)22-10-8-21(9-11-22)18(23)14-15-6-7-17-16(13-15)5-4-12-25-17/h6-7,13H,4-5,8-12,14H2,1-3H3. The lowest BCUT2D eigenvalue weighted by atomic mass is 9.94. The molecular weight excluding hydrogens is 316 g/mol. The average molecular weight is 344 g/mol. The molecule has 0 saturated carbocycles. The van der Waals surface area contributed by atoms with E-state index < -0.39 is 0 Å². The van der Waals surface area contributed by atoms with Crippen molar-refractivity contribution in [2.45, 2.75) is 40.0 Å². The number of benzene rings is 1. The molecular formula is C20H28N2O3. The molecule has 0 bridgehead atoms. The number of carbonyl (C=O) groups excluding carboxylic acids is 2. The fourth-order valence-electron chi connectivity index (χ4n) is 3.44. The summed E-state index contributed by atoms with van der Waals surface area (Å²) in [5.74, 6) is 1.26. The Bertz CT molecular complexity index is 655.